The average molecular weight is 518 g/mol. The third-order valence-corrected chi connectivity index (χ3v) is 8.60. The van der Waals surface area contributed by atoms with Gasteiger partial charge in [-0.05, 0) is 43.5 Å². The molecule has 3 aromatic rings. The first-order valence-electron chi connectivity index (χ1n) is 12.6. The zero-order valence-electron chi connectivity index (χ0n) is 21.3. The molecule has 4 rings (SSSR count). The van der Waals surface area contributed by atoms with Crippen LogP contribution in [-0.4, -0.2) is 59.1 Å². The lowest BCUT2D eigenvalue weighted by Gasteiger charge is -2.34. The number of sulfonamides is 1. The highest BCUT2D eigenvalue weighted by molar-refractivity contribution is 7.89. The van der Waals surface area contributed by atoms with Gasteiger partial charge in [-0.3, -0.25) is 13.9 Å². The minimum Gasteiger partial charge on any atom is -0.493 e. The van der Waals surface area contributed by atoms with Gasteiger partial charge in [0.05, 0.1) is 22.7 Å². The van der Waals surface area contributed by atoms with Crippen molar-refractivity contribution >= 4 is 21.1 Å². The first-order valence-corrected chi connectivity index (χ1v) is 14.0. The fourth-order valence-corrected chi connectivity index (χ4v) is 6.43. The van der Waals surface area contributed by atoms with E-state index < -0.39 is 15.6 Å². The summed E-state index contributed by atoms with van der Waals surface area (Å²) in [6, 6.07) is 6.46. The molecule has 0 spiro atoms. The molecule has 0 bridgehead atoms. The highest BCUT2D eigenvalue weighted by atomic mass is 32.2. The summed E-state index contributed by atoms with van der Waals surface area (Å²) in [5, 5.41) is 3.26. The van der Waals surface area contributed by atoms with Crippen molar-refractivity contribution in [3.05, 3.63) is 45.1 Å². The number of benzene rings is 1. The van der Waals surface area contributed by atoms with Crippen molar-refractivity contribution in [3.8, 4) is 17.0 Å². The Bertz CT molecular complexity index is 1470. The molecule has 0 amide bonds. The molecule has 1 aliphatic heterocycles. The molecule has 3 heterocycles. The summed E-state index contributed by atoms with van der Waals surface area (Å²) in [5.74, 6) is 0.510. The van der Waals surface area contributed by atoms with Gasteiger partial charge in [0, 0.05) is 44.8 Å². The zero-order chi connectivity index (χ0) is 26.0. The first kappa shape index (κ1) is 26.2. The number of nitrogens with one attached hydrogen (secondary N) is 2. The van der Waals surface area contributed by atoms with E-state index in [1.165, 1.54) is 7.05 Å². The number of aromatic nitrogens is 3. The van der Waals surface area contributed by atoms with Gasteiger partial charge in [-0.1, -0.05) is 20.8 Å². The maximum absolute atomic E-state index is 13.7. The second-order valence-corrected chi connectivity index (χ2v) is 11.0. The van der Waals surface area contributed by atoms with Gasteiger partial charge in [-0.25, -0.2) is 13.2 Å². The van der Waals surface area contributed by atoms with Crippen molar-refractivity contribution in [2.45, 2.75) is 57.5 Å². The van der Waals surface area contributed by atoms with Crippen molar-refractivity contribution in [2.24, 2.45) is 7.05 Å². The fraction of sp³-hybridized carbons (Fsp3) is 0.520. The number of nitrogens with zero attached hydrogens (tertiary/aromatic N) is 3. The normalized spacial score (nSPS) is 17.1. The van der Waals surface area contributed by atoms with Crippen LogP contribution in [0.1, 0.15) is 40.0 Å². The van der Waals surface area contributed by atoms with Crippen LogP contribution in [0.5, 0.6) is 5.75 Å². The monoisotopic (exact) mass is 517 g/mol. The Morgan fingerprint density at radius 2 is 1.89 bits per heavy atom. The highest BCUT2D eigenvalue weighted by Crippen LogP contribution is 2.35. The van der Waals surface area contributed by atoms with Crippen LogP contribution in [0.15, 0.2) is 38.8 Å². The Hall–Kier alpha value is -2.89. The molecule has 1 atom stereocenters. The van der Waals surface area contributed by atoms with Gasteiger partial charge >= 0.3 is 5.69 Å². The summed E-state index contributed by atoms with van der Waals surface area (Å²) in [5.41, 5.74) is 1.02. The quantitative estimate of drug-likeness (QED) is 0.450. The van der Waals surface area contributed by atoms with Crippen LogP contribution in [0.4, 0.5) is 0 Å². The molecule has 196 valence electrons. The number of fused-ring (bicyclic) bond motifs is 1. The largest absolute Gasteiger partial charge is 0.493 e. The lowest BCUT2D eigenvalue weighted by Crippen LogP contribution is -2.53. The number of H-pyrrole nitrogens is 1. The van der Waals surface area contributed by atoms with Gasteiger partial charge in [0.15, 0.2) is 0 Å². The topological polar surface area (TPSA) is 118 Å². The van der Waals surface area contributed by atoms with E-state index in [1.54, 1.807) is 33.1 Å². The first-order chi connectivity index (χ1) is 17.2. The molecule has 2 N–H and O–H groups in total. The third kappa shape index (κ3) is 4.62. The van der Waals surface area contributed by atoms with E-state index in [9.17, 15) is 18.0 Å². The van der Waals surface area contributed by atoms with Crippen molar-refractivity contribution in [3.63, 3.8) is 0 Å². The molecule has 2 aromatic heterocycles. The standard InChI is InChI=1S/C25H35N5O5S/c1-5-11-29-21-15-20(27-23(21)24(31)28(4)25(29)32)19-14-18(8-9-22(19)35-13-6-2)36(33,34)30-12-10-26-16-17(30)7-3/h8-9,14-15,17,26-27H,5-7,10-13,16H2,1-4H3. The van der Waals surface area contributed by atoms with Crippen LogP contribution >= 0.6 is 0 Å². The van der Waals surface area contributed by atoms with E-state index >= 15 is 0 Å². The van der Waals surface area contributed by atoms with Gasteiger partial charge < -0.3 is 15.0 Å². The van der Waals surface area contributed by atoms with E-state index in [4.69, 9.17) is 4.74 Å². The number of hydrogen-bond acceptors (Lipinski definition) is 6. The van der Waals surface area contributed by atoms with Gasteiger partial charge in [0.2, 0.25) is 10.0 Å². The predicted molar refractivity (Wildman–Crippen MR) is 140 cm³/mol. The van der Waals surface area contributed by atoms with E-state index in [0.29, 0.717) is 67.2 Å². The number of piperazine rings is 1. The molecule has 0 radical (unpaired) electrons. The smallest absolute Gasteiger partial charge is 0.331 e. The van der Waals surface area contributed by atoms with Crippen molar-refractivity contribution in [1.82, 2.24) is 23.7 Å². The Morgan fingerprint density at radius 1 is 1.11 bits per heavy atom. The summed E-state index contributed by atoms with van der Waals surface area (Å²) >= 11 is 0. The minimum absolute atomic E-state index is 0.122. The Kier molecular flexibility index (Phi) is 7.72. The summed E-state index contributed by atoms with van der Waals surface area (Å²) in [6.45, 7) is 8.45. The van der Waals surface area contributed by atoms with E-state index in [2.05, 4.69) is 10.3 Å². The molecular formula is C25H35N5O5S. The average Bonchev–Trinajstić information content (AvgIpc) is 3.33. The van der Waals surface area contributed by atoms with E-state index in [-0.39, 0.29) is 16.6 Å². The lowest BCUT2D eigenvalue weighted by molar-refractivity contribution is 0.261. The fourth-order valence-electron chi connectivity index (χ4n) is 4.70. The van der Waals surface area contributed by atoms with Crippen molar-refractivity contribution in [2.75, 3.05) is 26.2 Å². The maximum Gasteiger partial charge on any atom is 0.331 e. The van der Waals surface area contributed by atoms with Gasteiger partial charge in [0.1, 0.15) is 11.3 Å². The molecule has 1 aliphatic rings. The Balaban J connectivity index is 1.90. The summed E-state index contributed by atoms with van der Waals surface area (Å²) in [4.78, 5) is 29.0. The van der Waals surface area contributed by atoms with Crippen LogP contribution in [0, 0.1) is 0 Å². The highest BCUT2D eigenvalue weighted by Gasteiger charge is 2.33. The van der Waals surface area contributed by atoms with Crippen LogP contribution < -0.4 is 21.3 Å². The summed E-state index contributed by atoms with van der Waals surface area (Å²) in [6.07, 6.45) is 2.20. The number of aromatic amines is 1. The molecular weight excluding hydrogens is 482 g/mol. The van der Waals surface area contributed by atoms with Crippen LogP contribution in [0.25, 0.3) is 22.3 Å². The molecule has 0 aliphatic carbocycles. The van der Waals surface area contributed by atoms with E-state index in [0.717, 1.165) is 17.4 Å². The van der Waals surface area contributed by atoms with Crippen molar-refractivity contribution < 1.29 is 13.2 Å². The summed E-state index contributed by atoms with van der Waals surface area (Å²) < 4.78 is 37.5. The van der Waals surface area contributed by atoms with E-state index in [1.807, 2.05) is 20.8 Å². The zero-order valence-corrected chi connectivity index (χ0v) is 22.2. The number of rotatable bonds is 9. The molecule has 1 saturated heterocycles. The molecule has 11 heteroatoms. The Morgan fingerprint density at radius 3 is 2.58 bits per heavy atom. The van der Waals surface area contributed by atoms with Gasteiger partial charge in [-0.15, -0.1) is 0 Å². The molecule has 1 aromatic carbocycles. The molecule has 1 fully saturated rings. The van der Waals surface area contributed by atoms with Crippen LogP contribution in [0.3, 0.4) is 0 Å². The predicted octanol–water partition coefficient (Wildman–Crippen LogP) is 2.27. The lowest BCUT2D eigenvalue weighted by atomic mass is 10.1. The Labute approximate surface area is 210 Å². The second-order valence-electron chi connectivity index (χ2n) is 9.13. The molecule has 10 nitrogen and oxygen atoms in total. The van der Waals surface area contributed by atoms with Crippen LogP contribution in [0.2, 0.25) is 0 Å². The summed E-state index contributed by atoms with van der Waals surface area (Å²) in [7, 11) is -2.30. The molecule has 36 heavy (non-hydrogen) atoms. The SMILES string of the molecule is CCCOc1ccc(S(=O)(=O)N2CCNCC2CC)cc1-c1cc2c([nH]1)c(=O)n(C)c(=O)n2CCC. The maximum atomic E-state index is 13.7. The number of ether oxygens (including phenoxy) is 1. The number of aryl methyl sites for hydroxylation is 1. The minimum atomic E-state index is -3.76. The van der Waals surface area contributed by atoms with Crippen LogP contribution in [-0.2, 0) is 23.6 Å². The third-order valence-electron chi connectivity index (χ3n) is 6.65. The van der Waals surface area contributed by atoms with Gasteiger partial charge in [0.25, 0.3) is 5.56 Å². The van der Waals surface area contributed by atoms with Gasteiger partial charge in [-0.2, -0.15) is 4.31 Å². The van der Waals surface area contributed by atoms with Crippen molar-refractivity contribution in [1.29, 1.82) is 0 Å². The molecule has 0 saturated carbocycles. The second kappa shape index (κ2) is 10.6. The molecule has 1 unspecified atom stereocenters. The number of hydrogen-bond donors (Lipinski definition) is 2.